The van der Waals surface area contributed by atoms with Gasteiger partial charge in [0.05, 0.1) is 28.5 Å². The molecule has 5 N–H and O–H groups in total. The highest BCUT2D eigenvalue weighted by Gasteiger charge is 2.51. The number of halogens is 1. The third-order valence-electron chi connectivity index (χ3n) is 9.14. The van der Waals surface area contributed by atoms with Crippen molar-refractivity contribution in [2.45, 2.75) is 57.0 Å². The first-order chi connectivity index (χ1) is 20.1. The molecule has 0 spiro atoms. The molecular formula is C30H29ClN2O9. The molecule has 4 aliphatic rings. The third kappa shape index (κ3) is 3.39. The number of hydrogen-bond donors (Lipinski definition) is 4. The summed E-state index contributed by atoms with van der Waals surface area (Å²) in [5.41, 5.74) is 0.611. The average molecular weight is 597 g/mol. The lowest BCUT2D eigenvalue weighted by molar-refractivity contribution is -0.0675. The van der Waals surface area contributed by atoms with Gasteiger partial charge in [-0.2, -0.15) is 0 Å². The number of phenolic OH excluding ortho intramolecular Hbond substituents is 2. The number of ether oxygens (including phenoxy) is 4. The molecule has 0 saturated carbocycles. The SMILES string of the molecule is CCC(C)c1cc2c(Cl)c3c(c(O)c2c(=O)n1N)-c1c(O)c2c(c4c1C(C3)OCO4)O[C@H]1[C@@H](C2=O)[C@@H](O)C=C[C@H]1OC. The lowest BCUT2D eigenvalue weighted by atomic mass is 9.75. The van der Waals surface area contributed by atoms with Crippen molar-refractivity contribution in [3.8, 4) is 34.1 Å². The van der Waals surface area contributed by atoms with Crippen LogP contribution in [0.25, 0.3) is 21.9 Å². The Hall–Kier alpha value is -3.77. The monoisotopic (exact) mass is 596 g/mol. The van der Waals surface area contributed by atoms with E-state index in [4.69, 9.17) is 36.4 Å². The second-order valence-electron chi connectivity index (χ2n) is 11.2. The number of carbonyl (C=O) groups is 1. The van der Waals surface area contributed by atoms with Gasteiger partial charge in [-0.1, -0.05) is 37.6 Å². The first-order valence-corrected chi connectivity index (χ1v) is 14.1. The van der Waals surface area contributed by atoms with Crippen molar-refractivity contribution in [3.63, 3.8) is 0 Å². The van der Waals surface area contributed by atoms with Crippen LogP contribution >= 0.6 is 11.6 Å². The van der Waals surface area contributed by atoms with Crippen LogP contribution in [0.4, 0.5) is 0 Å². The van der Waals surface area contributed by atoms with Crippen molar-refractivity contribution in [3.05, 3.63) is 56.0 Å². The van der Waals surface area contributed by atoms with E-state index in [1.165, 1.54) is 13.2 Å². The van der Waals surface area contributed by atoms with Crippen molar-refractivity contribution >= 4 is 28.2 Å². The van der Waals surface area contributed by atoms with Gasteiger partial charge in [0.15, 0.2) is 24.1 Å². The number of ketones is 1. The number of nitrogen functional groups attached to an aromatic ring is 1. The van der Waals surface area contributed by atoms with E-state index in [-0.39, 0.29) is 57.7 Å². The summed E-state index contributed by atoms with van der Waals surface area (Å²) in [6.45, 7) is 3.73. The van der Waals surface area contributed by atoms with E-state index < -0.39 is 53.2 Å². The first kappa shape index (κ1) is 27.1. The normalized spacial score (nSPS) is 26.0. The molecule has 0 radical (unpaired) electrons. The molecule has 3 heterocycles. The second-order valence-corrected chi connectivity index (χ2v) is 11.6. The number of aliphatic hydroxyl groups is 1. The summed E-state index contributed by atoms with van der Waals surface area (Å²) in [5, 5.41) is 34.7. The smallest absolute Gasteiger partial charge is 0.280 e. The van der Waals surface area contributed by atoms with Gasteiger partial charge in [0.25, 0.3) is 5.56 Å². The maximum absolute atomic E-state index is 14.0. The molecule has 0 bridgehead atoms. The fourth-order valence-electron chi connectivity index (χ4n) is 6.80. The van der Waals surface area contributed by atoms with E-state index in [1.807, 2.05) is 13.8 Å². The second kappa shape index (κ2) is 9.37. The molecule has 2 unspecified atom stereocenters. The van der Waals surface area contributed by atoms with Gasteiger partial charge in [0.2, 0.25) is 0 Å². The quantitative estimate of drug-likeness (QED) is 0.260. The van der Waals surface area contributed by atoms with Crippen LogP contribution in [0.3, 0.4) is 0 Å². The summed E-state index contributed by atoms with van der Waals surface area (Å²) in [6.07, 6.45) is 0.620. The number of methoxy groups -OCH3 is 1. The van der Waals surface area contributed by atoms with Gasteiger partial charge >= 0.3 is 0 Å². The van der Waals surface area contributed by atoms with Crippen LogP contribution in [0.1, 0.15) is 59.5 Å². The predicted octanol–water partition coefficient (Wildman–Crippen LogP) is 3.43. The molecule has 0 fully saturated rings. The van der Waals surface area contributed by atoms with E-state index in [2.05, 4.69) is 0 Å². The molecule has 6 atom stereocenters. The van der Waals surface area contributed by atoms with Crippen LogP contribution in [0.5, 0.6) is 23.0 Å². The van der Waals surface area contributed by atoms with Gasteiger partial charge in [0.1, 0.15) is 29.3 Å². The zero-order chi connectivity index (χ0) is 29.8. The van der Waals surface area contributed by atoms with E-state index in [1.54, 1.807) is 12.1 Å². The minimum atomic E-state index is -1.19. The highest BCUT2D eigenvalue weighted by atomic mass is 35.5. The van der Waals surface area contributed by atoms with Crippen LogP contribution < -0.4 is 20.9 Å². The van der Waals surface area contributed by atoms with Crippen molar-refractivity contribution < 1.29 is 39.1 Å². The molecule has 2 aliphatic heterocycles. The summed E-state index contributed by atoms with van der Waals surface area (Å²) < 4.78 is 24.6. The zero-order valence-corrected chi connectivity index (χ0v) is 23.8. The molecule has 220 valence electrons. The summed E-state index contributed by atoms with van der Waals surface area (Å²) in [6, 6.07) is 1.70. The van der Waals surface area contributed by atoms with Crippen molar-refractivity contribution in [1.29, 1.82) is 0 Å². The lowest BCUT2D eigenvalue weighted by Gasteiger charge is -2.42. The summed E-state index contributed by atoms with van der Waals surface area (Å²) >= 11 is 6.97. The number of pyridine rings is 1. The van der Waals surface area contributed by atoms with Gasteiger partial charge in [-0.25, -0.2) is 4.68 Å². The van der Waals surface area contributed by atoms with Crippen LogP contribution in [0.2, 0.25) is 5.02 Å². The van der Waals surface area contributed by atoms with Gasteiger partial charge in [-0.15, -0.1) is 0 Å². The molecule has 3 aromatic rings. The number of benzene rings is 2. The van der Waals surface area contributed by atoms with E-state index >= 15 is 0 Å². The Morgan fingerprint density at radius 2 is 1.93 bits per heavy atom. The molecule has 2 aromatic carbocycles. The van der Waals surface area contributed by atoms with Gasteiger partial charge in [-0.05, 0) is 24.0 Å². The maximum atomic E-state index is 14.0. The third-order valence-corrected chi connectivity index (χ3v) is 9.57. The van der Waals surface area contributed by atoms with Crippen LogP contribution in [-0.2, 0) is 15.9 Å². The number of Topliss-reactive ketones (excluding diaryl/α,β-unsaturated/α-hetero) is 1. The molecule has 0 amide bonds. The maximum Gasteiger partial charge on any atom is 0.280 e. The molecule has 12 heteroatoms. The molecule has 11 nitrogen and oxygen atoms in total. The Bertz CT molecular complexity index is 1800. The molecule has 1 aromatic heterocycles. The van der Waals surface area contributed by atoms with Gasteiger partial charge < -0.3 is 40.1 Å². The summed E-state index contributed by atoms with van der Waals surface area (Å²) in [4.78, 5) is 27.5. The number of hydrogen-bond acceptors (Lipinski definition) is 10. The fourth-order valence-corrected chi connectivity index (χ4v) is 7.13. The Balaban J connectivity index is 1.55. The highest BCUT2D eigenvalue weighted by molar-refractivity contribution is 6.37. The number of carbonyl (C=O) groups excluding carboxylic acids is 1. The van der Waals surface area contributed by atoms with Crippen LogP contribution in [0.15, 0.2) is 23.0 Å². The standard InChI is InChI=1S/C30H29ClN2O9/c1-4-10(2)13-7-11-18(30(38)33(13)32)24(35)17-12(23(11)31)8-16-20-21(17)26(37)22-25(36)19-14(34)5-6-15(39-3)27(19)42-29(22)28(20)41-9-40-16/h5-7,10,14-16,19,27,34-35,37H,4,8-9,32H2,1-3H3/t10?,14-,15+,16?,19+,27+/m0/s1. The minimum Gasteiger partial charge on any atom is -0.506 e. The van der Waals surface area contributed by atoms with Gasteiger partial charge in [0, 0.05) is 41.3 Å². The number of fused-ring (bicyclic) bond motifs is 6. The van der Waals surface area contributed by atoms with Crippen molar-refractivity contribution in [2.24, 2.45) is 5.92 Å². The number of nitrogens with two attached hydrogens (primary N) is 1. The van der Waals surface area contributed by atoms with Gasteiger partial charge in [-0.3, -0.25) is 9.59 Å². The molecule has 7 rings (SSSR count). The summed E-state index contributed by atoms with van der Waals surface area (Å²) in [5.74, 6) is 3.72. The number of nitrogens with zero attached hydrogens (tertiary/aromatic N) is 1. The Morgan fingerprint density at radius 1 is 1.17 bits per heavy atom. The predicted molar refractivity (Wildman–Crippen MR) is 152 cm³/mol. The number of aromatic nitrogens is 1. The van der Waals surface area contributed by atoms with E-state index in [0.29, 0.717) is 22.2 Å². The average Bonchev–Trinajstić information content (AvgIpc) is 2.98. The largest absolute Gasteiger partial charge is 0.506 e. The number of phenols is 2. The van der Waals surface area contributed by atoms with E-state index in [0.717, 1.165) is 11.1 Å². The minimum absolute atomic E-state index is 0.00712. The Morgan fingerprint density at radius 3 is 2.64 bits per heavy atom. The van der Waals surface area contributed by atoms with Crippen LogP contribution in [-0.4, -0.2) is 58.0 Å². The summed E-state index contributed by atoms with van der Waals surface area (Å²) in [7, 11) is 1.47. The molecular weight excluding hydrogens is 568 g/mol. The van der Waals surface area contributed by atoms with Crippen molar-refractivity contribution in [2.75, 3.05) is 19.7 Å². The lowest BCUT2D eigenvalue weighted by Crippen LogP contribution is -2.52. The first-order valence-electron chi connectivity index (χ1n) is 13.8. The molecule has 2 aliphatic carbocycles. The number of aliphatic hydroxyl groups excluding tert-OH is 1. The fraction of sp³-hybridized carbons (Fsp3) is 0.400. The highest BCUT2D eigenvalue weighted by Crippen LogP contribution is 2.61. The van der Waals surface area contributed by atoms with Crippen LogP contribution in [0, 0.1) is 5.92 Å². The Labute approximate surface area is 244 Å². The molecule has 0 saturated heterocycles. The zero-order valence-electron chi connectivity index (χ0n) is 23.0. The number of rotatable bonds is 3. The van der Waals surface area contributed by atoms with Crippen molar-refractivity contribution in [1.82, 2.24) is 4.68 Å². The molecule has 42 heavy (non-hydrogen) atoms. The Kier molecular flexibility index (Phi) is 6.04. The van der Waals surface area contributed by atoms with E-state index in [9.17, 15) is 24.9 Å². The number of aromatic hydroxyl groups is 2. The topological polar surface area (TPSA) is 163 Å².